The summed E-state index contributed by atoms with van der Waals surface area (Å²) in [5, 5.41) is 7.54. The lowest BCUT2D eigenvalue weighted by Crippen LogP contribution is -2.42. The van der Waals surface area contributed by atoms with Crippen molar-refractivity contribution in [3.8, 4) is 0 Å². The summed E-state index contributed by atoms with van der Waals surface area (Å²) in [5.41, 5.74) is 0. The van der Waals surface area contributed by atoms with E-state index in [-0.39, 0.29) is 6.04 Å². The minimum atomic E-state index is 0.284. The number of ether oxygens (including phenoxy) is 1. The SMILES string of the molecule is CN1CCSCC1c1noc(CC2COCCN2)n1. The number of thioether (sulfide) groups is 1. The van der Waals surface area contributed by atoms with Gasteiger partial charge >= 0.3 is 0 Å². The highest BCUT2D eigenvalue weighted by Crippen LogP contribution is 2.26. The zero-order chi connectivity index (χ0) is 13.1. The fourth-order valence-corrected chi connectivity index (χ4v) is 3.62. The van der Waals surface area contributed by atoms with Crippen LogP contribution in [0.4, 0.5) is 0 Å². The first-order valence-electron chi connectivity index (χ1n) is 6.74. The second-order valence-electron chi connectivity index (χ2n) is 5.05. The second-order valence-corrected chi connectivity index (χ2v) is 6.20. The van der Waals surface area contributed by atoms with E-state index < -0.39 is 0 Å². The Morgan fingerprint density at radius 2 is 2.47 bits per heavy atom. The van der Waals surface area contributed by atoms with E-state index in [0.717, 1.165) is 44.3 Å². The van der Waals surface area contributed by atoms with Crippen molar-refractivity contribution in [2.45, 2.75) is 18.5 Å². The smallest absolute Gasteiger partial charge is 0.228 e. The lowest BCUT2D eigenvalue weighted by atomic mass is 10.2. The fourth-order valence-electron chi connectivity index (χ4n) is 2.41. The molecule has 106 valence electrons. The van der Waals surface area contributed by atoms with E-state index in [1.807, 2.05) is 11.8 Å². The van der Waals surface area contributed by atoms with Crippen LogP contribution in [0, 0.1) is 0 Å². The maximum absolute atomic E-state index is 5.43. The van der Waals surface area contributed by atoms with Crippen LogP contribution in [-0.4, -0.2) is 65.9 Å². The number of rotatable bonds is 3. The quantitative estimate of drug-likeness (QED) is 0.857. The topological polar surface area (TPSA) is 63.4 Å². The fraction of sp³-hybridized carbons (Fsp3) is 0.833. The van der Waals surface area contributed by atoms with Gasteiger partial charge in [0.05, 0.1) is 19.3 Å². The standard InChI is InChI=1S/C12H20N4O2S/c1-16-3-5-19-8-10(16)12-14-11(18-15-12)6-9-7-17-4-2-13-9/h9-10,13H,2-8H2,1H3. The van der Waals surface area contributed by atoms with Crippen molar-refractivity contribution in [3.63, 3.8) is 0 Å². The molecular weight excluding hydrogens is 264 g/mol. The van der Waals surface area contributed by atoms with Gasteiger partial charge in [-0.1, -0.05) is 5.16 Å². The van der Waals surface area contributed by atoms with Crippen LogP contribution in [0.5, 0.6) is 0 Å². The highest BCUT2D eigenvalue weighted by atomic mass is 32.2. The van der Waals surface area contributed by atoms with E-state index in [1.54, 1.807) is 0 Å². The molecule has 0 saturated carbocycles. The summed E-state index contributed by atoms with van der Waals surface area (Å²) in [5.74, 6) is 3.75. The van der Waals surface area contributed by atoms with E-state index in [0.29, 0.717) is 11.9 Å². The molecule has 1 aromatic rings. The van der Waals surface area contributed by atoms with Crippen LogP contribution in [-0.2, 0) is 11.2 Å². The molecule has 2 saturated heterocycles. The van der Waals surface area contributed by atoms with Crippen LogP contribution in [0.25, 0.3) is 0 Å². The molecule has 0 spiro atoms. The van der Waals surface area contributed by atoms with Gasteiger partial charge in [0.15, 0.2) is 5.82 Å². The molecule has 2 aliphatic heterocycles. The van der Waals surface area contributed by atoms with E-state index in [2.05, 4.69) is 27.4 Å². The number of nitrogens with zero attached hydrogens (tertiary/aromatic N) is 3. The normalized spacial score (nSPS) is 29.5. The summed E-state index contributed by atoms with van der Waals surface area (Å²) in [6.45, 7) is 3.48. The molecule has 3 rings (SSSR count). The van der Waals surface area contributed by atoms with Crippen molar-refractivity contribution in [2.75, 3.05) is 44.9 Å². The van der Waals surface area contributed by atoms with E-state index in [9.17, 15) is 0 Å². The zero-order valence-corrected chi connectivity index (χ0v) is 12.0. The molecule has 6 nitrogen and oxygen atoms in total. The summed E-state index contributed by atoms with van der Waals surface area (Å²) < 4.78 is 10.8. The maximum Gasteiger partial charge on any atom is 0.228 e. The molecule has 0 bridgehead atoms. The number of aromatic nitrogens is 2. The van der Waals surface area contributed by atoms with Crippen LogP contribution in [0.3, 0.4) is 0 Å². The van der Waals surface area contributed by atoms with Gasteiger partial charge in [0.25, 0.3) is 0 Å². The summed E-state index contributed by atoms with van der Waals surface area (Å²) in [6.07, 6.45) is 0.747. The van der Waals surface area contributed by atoms with Crippen molar-refractivity contribution in [1.82, 2.24) is 20.4 Å². The second kappa shape index (κ2) is 6.21. The highest BCUT2D eigenvalue weighted by molar-refractivity contribution is 7.99. The van der Waals surface area contributed by atoms with E-state index in [4.69, 9.17) is 9.26 Å². The molecule has 2 fully saturated rings. The lowest BCUT2D eigenvalue weighted by molar-refractivity contribution is 0.0744. The third-order valence-corrected chi connectivity index (χ3v) is 4.62. The third-order valence-electron chi connectivity index (χ3n) is 3.60. The molecule has 19 heavy (non-hydrogen) atoms. The largest absolute Gasteiger partial charge is 0.378 e. The Morgan fingerprint density at radius 1 is 1.53 bits per heavy atom. The first kappa shape index (κ1) is 13.4. The van der Waals surface area contributed by atoms with Crippen molar-refractivity contribution in [1.29, 1.82) is 0 Å². The van der Waals surface area contributed by atoms with Gasteiger partial charge in [0, 0.05) is 37.1 Å². The Kier molecular flexibility index (Phi) is 4.37. The van der Waals surface area contributed by atoms with Crippen LogP contribution in [0.1, 0.15) is 17.8 Å². The minimum absolute atomic E-state index is 0.284. The molecule has 2 atom stereocenters. The number of morpholine rings is 1. The molecule has 2 aliphatic rings. The Bertz CT molecular complexity index is 408. The van der Waals surface area contributed by atoms with Gasteiger partial charge in [-0.3, -0.25) is 4.90 Å². The van der Waals surface area contributed by atoms with Crippen molar-refractivity contribution < 1.29 is 9.26 Å². The molecule has 0 aromatic carbocycles. The molecular formula is C12H20N4O2S. The van der Waals surface area contributed by atoms with Gasteiger partial charge < -0.3 is 14.6 Å². The average molecular weight is 284 g/mol. The van der Waals surface area contributed by atoms with Crippen LogP contribution in [0.2, 0.25) is 0 Å². The molecule has 2 unspecified atom stereocenters. The average Bonchev–Trinajstić information content (AvgIpc) is 2.89. The first-order valence-corrected chi connectivity index (χ1v) is 7.90. The van der Waals surface area contributed by atoms with Gasteiger partial charge in [0.2, 0.25) is 5.89 Å². The minimum Gasteiger partial charge on any atom is -0.378 e. The molecule has 0 radical (unpaired) electrons. The van der Waals surface area contributed by atoms with Gasteiger partial charge in [-0.05, 0) is 7.05 Å². The van der Waals surface area contributed by atoms with Gasteiger partial charge in [-0.25, -0.2) is 0 Å². The highest BCUT2D eigenvalue weighted by Gasteiger charge is 2.26. The van der Waals surface area contributed by atoms with Gasteiger partial charge in [-0.2, -0.15) is 16.7 Å². The predicted molar refractivity (Wildman–Crippen MR) is 73.3 cm³/mol. The first-order chi connectivity index (χ1) is 9.33. The van der Waals surface area contributed by atoms with Crippen molar-refractivity contribution in [3.05, 3.63) is 11.7 Å². The molecule has 0 amide bonds. The van der Waals surface area contributed by atoms with Crippen LogP contribution < -0.4 is 5.32 Å². The summed E-state index contributed by atoms with van der Waals surface area (Å²) in [7, 11) is 2.12. The van der Waals surface area contributed by atoms with Crippen molar-refractivity contribution in [2.24, 2.45) is 0 Å². The Hall–Kier alpha value is -0.630. The maximum atomic E-state index is 5.43. The lowest BCUT2D eigenvalue weighted by Gasteiger charge is -2.29. The Balaban J connectivity index is 1.61. The molecule has 0 aliphatic carbocycles. The third kappa shape index (κ3) is 3.28. The number of nitrogens with one attached hydrogen (secondary N) is 1. The Labute approximate surface area is 117 Å². The van der Waals surface area contributed by atoms with E-state index >= 15 is 0 Å². The van der Waals surface area contributed by atoms with Gasteiger partial charge in [0.1, 0.15) is 0 Å². The van der Waals surface area contributed by atoms with Gasteiger partial charge in [-0.15, -0.1) is 0 Å². The molecule has 7 heteroatoms. The number of hydrogen-bond donors (Lipinski definition) is 1. The molecule has 1 N–H and O–H groups in total. The Morgan fingerprint density at radius 3 is 3.26 bits per heavy atom. The summed E-state index contributed by atoms with van der Waals surface area (Å²) in [4.78, 5) is 6.85. The van der Waals surface area contributed by atoms with Crippen LogP contribution >= 0.6 is 11.8 Å². The summed E-state index contributed by atoms with van der Waals surface area (Å²) in [6, 6.07) is 0.576. The monoisotopic (exact) mass is 284 g/mol. The molecule has 1 aromatic heterocycles. The number of hydrogen-bond acceptors (Lipinski definition) is 7. The van der Waals surface area contributed by atoms with Crippen molar-refractivity contribution >= 4 is 11.8 Å². The zero-order valence-electron chi connectivity index (χ0n) is 11.2. The predicted octanol–water partition coefficient (Wildman–Crippen LogP) is 0.320. The van der Waals surface area contributed by atoms with E-state index in [1.165, 1.54) is 5.75 Å². The van der Waals surface area contributed by atoms with Crippen LogP contribution in [0.15, 0.2) is 4.52 Å². The summed E-state index contributed by atoms with van der Waals surface area (Å²) >= 11 is 1.95. The molecule has 3 heterocycles.